The largest absolute Gasteiger partial charge is 0.494 e. The number of carbonyl (C=O) groups is 2. The Bertz CT molecular complexity index is 996. The van der Waals surface area contributed by atoms with Crippen molar-refractivity contribution in [1.29, 1.82) is 0 Å². The van der Waals surface area contributed by atoms with E-state index in [-0.39, 0.29) is 21.1 Å². The van der Waals surface area contributed by atoms with Gasteiger partial charge in [0, 0.05) is 0 Å². The number of aryl methyl sites for hydroxylation is 1. The van der Waals surface area contributed by atoms with Crippen LogP contribution in [0.25, 0.3) is 0 Å². The third kappa shape index (κ3) is 4.49. The molecule has 0 saturated heterocycles. The summed E-state index contributed by atoms with van der Waals surface area (Å²) in [6.07, 6.45) is 4.29. The van der Waals surface area contributed by atoms with E-state index in [0.717, 1.165) is 25.7 Å². The topological polar surface area (TPSA) is 90.0 Å². The number of hydrogen-bond donors (Lipinski definition) is 0. The van der Waals surface area contributed by atoms with Gasteiger partial charge < -0.3 is 4.74 Å². The van der Waals surface area contributed by atoms with Gasteiger partial charge in [0.05, 0.1) is 22.6 Å². The molecule has 0 saturated carbocycles. The van der Waals surface area contributed by atoms with Crippen LogP contribution in [0.3, 0.4) is 0 Å². The number of unbranched alkanes of at least 4 members (excludes halogenated alkanes) is 3. The fourth-order valence-corrected chi connectivity index (χ4v) is 4.18. The lowest BCUT2D eigenvalue weighted by Crippen LogP contribution is -2.32. The highest BCUT2D eigenvalue weighted by Crippen LogP contribution is 2.28. The van der Waals surface area contributed by atoms with Crippen molar-refractivity contribution in [1.82, 2.24) is 5.06 Å². The zero-order valence-electron chi connectivity index (χ0n) is 16.4. The van der Waals surface area contributed by atoms with Gasteiger partial charge in [-0.05, 0) is 49.2 Å². The molecule has 0 spiro atoms. The van der Waals surface area contributed by atoms with Gasteiger partial charge in [-0.1, -0.05) is 38.3 Å². The van der Waals surface area contributed by atoms with Gasteiger partial charge in [0.15, 0.2) is 0 Å². The molecule has 0 unspecified atom stereocenters. The van der Waals surface area contributed by atoms with E-state index in [9.17, 15) is 18.0 Å². The first kappa shape index (κ1) is 21.0. The van der Waals surface area contributed by atoms with Crippen LogP contribution in [-0.2, 0) is 14.4 Å². The van der Waals surface area contributed by atoms with Gasteiger partial charge in [-0.2, -0.15) is 8.42 Å². The van der Waals surface area contributed by atoms with Crippen molar-refractivity contribution in [3.63, 3.8) is 0 Å². The van der Waals surface area contributed by atoms with Gasteiger partial charge in [-0.15, -0.1) is 9.35 Å². The molecule has 0 N–H and O–H groups in total. The zero-order valence-corrected chi connectivity index (χ0v) is 17.2. The number of imide groups is 1. The van der Waals surface area contributed by atoms with Gasteiger partial charge >= 0.3 is 10.1 Å². The second-order valence-electron chi connectivity index (χ2n) is 6.82. The smallest absolute Gasteiger partial charge is 0.318 e. The summed E-state index contributed by atoms with van der Waals surface area (Å²) in [5, 5.41) is 0.289. The molecular formula is C21H23NO6S. The molecule has 7 nitrogen and oxygen atoms in total. The third-order valence-corrected chi connectivity index (χ3v) is 5.95. The molecule has 1 heterocycles. The van der Waals surface area contributed by atoms with Gasteiger partial charge in [0.1, 0.15) is 5.75 Å². The Morgan fingerprint density at radius 2 is 1.59 bits per heavy atom. The van der Waals surface area contributed by atoms with Crippen LogP contribution in [0.4, 0.5) is 0 Å². The van der Waals surface area contributed by atoms with Gasteiger partial charge in [0.25, 0.3) is 11.8 Å². The van der Waals surface area contributed by atoms with Crippen molar-refractivity contribution in [3.05, 3.63) is 59.2 Å². The van der Waals surface area contributed by atoms with Crippen LogP contribution in [0.1, 0.15) is 58.9 Å². The maximum Gasteiger partial charge on any atom is 0.318 e. The van der Waals surface area contributed by atoms with E-state index in [0.29, 0.717) is 17.9 Å². The molecule has 1 aliphatic rings. The first-order valence-electron chi connectivity index (χ1n) is 9.51. The number of benzene rings is 2. The summed E-state index contributed by atoms with van der Waals surface area (Å²) in [4.78, 5) is 24.6. The van der Waals surface area contributed by atoms with E-state index < -0.39 is 21.9 Å². The maximum atomic E-state index is 12.7. The van der Waals surface area contributed by atoms with Crippen LogP contribution < -0.4 is 4.74 Å². The molecule has 2 amide bonds. The Labute approximate surface area is 170 Å². The fraction of sp³-hybridized carbons (Fsp3) is 0.333. The lowest BCUT2D eigenvalue weighted by atomic mass is 10.1. The van der Waals surface area contributed by atoms with Gasteiger partial charge in [-0.3, -0.25) is 9.59 Å². The second kappa shape index (κ2) is 8.75. The standard InChI is InChI=1S/C21H23NO6S/c1-3-4-5-8-13-27-16-11-12-19(15(2)14-16)29(25,26)28-22-20(23)17-9-6-7-10-18(17)21(22)24/h6-7,9-12,14H,3-5,8,13H2,1-2H3. The molecule has 0 aliphatic carbocycles. The predicted molar refractivity (Wildman–Crippen MR) is 106 cm³/mol. The molecular weight excluding hydrogens is 394 g/mol. The number of fused-ring (bicyclic) bond motifs is 1. The summed E-state index contributed by atoms with van der Waals surface area (Å²) in [6.45, 7) is 4.28. The number of ether oxygens (including phenoxy) is 1. The molecule has 0 bridgehead atoms. The lowest BCUT2D eigenvalue weighted by Gasteiger charge is -2.15. The van der Waals surface area contributed by atoms with Crippen molar-refractivity contribution in [2.75, 3.05) is 6.61 Å². The van der Waals surface area contributed by atoms with Crippen molar-refractivity contribution in [3.8, 4) is 5.75 Å². The Hall–Kier alpha value is -2.71. The van der Waals surface area contributed by atoms with Crippen LogP contribution in [0, 0.1) is 6.92 Å². The van der Waals surface area contributed by atoms with Crippen molar-refractivity contribution >= 4 is 21.9 Å². The minimum absolute atomic E-state index is 0.108. The first-order chi connectivity index (χ1) is 13.8. The van der Waals surface area contributed by atoms with E-state index in [1.165, 1.54) is 24.3 Å². The highest BCUT2D eigenvalue weighted by atomic mass is 32.2. The molecule has 2 aromatic carbocycles. The van der Waals surface area contributed by atoms with Crippen LogP contribution in [-0.4, -0.2) is 31.9 Å². The third-order valence-electron chi connectivity index (χ3n) is 4.61. The molecule has 29 heavy (non-hydrogen) atoms. The summed E-state index contributed by atoms with van der Waals surface area (Å²) < 4.78 is 35.9. The molecule has 0 fully saturated rings. The monoisotopic (exact) mass is 417 g/mol. The summed E-state index contributed by atoms with van der Waals surface area (Å²) in [5.74, 6) is -1.06. The predicted octanol–water partition coefficient (Wildman–Crippen LogP) is 3.87. The molecule has 3 rings (SSSR count). The van der Waals surface area contributed by atoms with E-state index in [4.69, 9.17) is 9.02 Å². The Kier molecular flexibility index (Phi) is 6.34. The molecule has 1 aliphatic heterocycles. The Morgan fingerprint density at radius 3 is 2.17 bits per heavy atom. The number of amides is 2. The average Bonchev–Trinajstić information content (AvgIpc) is 2.92. The number of hydroxylamine groups is 2. The summed E-state index contributed by atoms with van der Waals surface area (Å²) in [6, 6.07) is 10.6. The second-order valence-corrected chi connectivity index (χ2v) is 8.31. The Morgan fingerprint density at radius 1 is 0.931 bits per heavy atom. The number of nitrogens with zero attached hydrogens (tertiary/aromatic N) is 1. The molecule has 0 aromatic heterocycles. The lowest BCUT2D eigenvalue weighted by molar-refractivity contribution is -0.0104. The van der Waals surface area contributed by atoms with Crippen molar-refractivity contribution in [2.45, 2.75) is 44.4 Å². The van der Waals surface area contributed by atoms with E-state index in [1.807, 2.05) is 0 Å². The van der Waals surface area contributed by atoms with E-state index in [1.54, 1.807) is 25.1 Å². The maximum absolute atomic E-state index is 12.7. The van der Waals surface area contributed by atoms with Crippen LogP contribution in [0.2, 0.25) is 0 Å². The van der Waals surface area contributed by atoms with E-state index in [2.05, 4.69) is 6.92 Å². The molecule has 0 atom stereocenters. The minimum Gasteiger partial charge on any atom is -0.494 e. The average molecular weight is 417 g/mol. The Balaban J connectivity index is 1.72. The quantitative estimate of drug-likeness (QED) is 0.454. The van der Waals surface area contributed by atoms with Crippen molar-refractivity contribution < 1.29 is 27.0 Å². The van der Waals surface area contributed by atoms with Gasteiger partial charge in [0.2, 0.25) is 0 Å². The molecule has 8 heteroatoms. The van der Waals surface area contributed by atoms with E-state index >= 15 is 0 Å². The SMILES string of the molecule is CCCCCCOc1ccc(S(=O)(=O)ON2C(=O)c3ccccc3C2=O)c(C)c1. The summed E-state index contributed by atoms with van der Waals surface area (Å²) in [7, 11) is -4.38. The molecule has 0 radical (unpaired) electrons. The normalized spacial score (nSPS) is 13.7. The number of rotatable bonds is 9. The van der Waals surface area contributed by atoms with Crippen LogP contribution >= 0.6 is 0 Å². The van der Waals surface area contributed by atoms with Crippen LogP contribution in [0.15, 0.2) is 47.4 Å². The fourth-order valence-electron chi connectivity index (χ4n) is 3.08. The molecule has 2 aromatic rings. The minimum atomic E-state index is -4.38. The summed E-state index contributed by atoms with van der Waals surface area (Å²) >= 11 is 0. The molecule has 154 valence electrons. The van der Waals surface area contributed by atoms with Gasteiger partial charge in [-0.25, -0.2) is 0 Å². The number of hydrogen-bond acceptors (Lipinski definition) is 6. The van der Waals surface area contributed by atoms with Crippen LogP contribution in [0.5, 0.6) is 5.75 Å². The number of carbonyl (C=O) groups excluding carboxylic acids is 2. The zero-order chi connectivity index (χ0) is 21.0. The highest BCUT2D eigenvalue weighted by molar-refractivity contribution is 7.86. The summed E-state index contributed by atoms with van der Waals surface area (Å²) in [5.41, 5.74) is 0.611. The highest BCUT2D eigenvalue weighted by Gasteiger charge is 2.40. The van der Waals surface area contributed by atoms with Crippen molar-refractivity contribution in [2.24, 2.45) is 0 Å². The first-order valence-corrected chi connectivity index (χ1v) is 10.9.